The van der Waals surface area contributed by atoms with Crippen molar-refractivity contribution in [3.05, 3.63) is 0 Å². The van der Waals surface area contributed by atoms with Crippen molar-refractivity contribution in [1.82, 2.24) is 4.90 Å². The molecule has 1 aliphatic carbocycles. The molecular formula is C6H15ClN2. The Bertz CT molecular complexity index is 89.1. The van der Waals surface area contributed by atoms with Crippen molar-refractivity contribution < 1.29 is 0 Å². The molecule has 1 rings (SSSR count). The summed E-state index contributed by atoms with van der Waals surface area (Å²) in [5.41, 5.74) is 5.93. The molecule has 0 aromatic carbocycles. The molecule has 2 N–H and O–H groups in total. The molecule has 0 saturated heterocycles. The van der Waals surface area contributed by atoms with Crippen molar-refractivity contribution in [3.8, 4) is 0 Å². The summed E-state index contributed by atoms with van der Waals surface area (Å²) < 4.78 is 0. The molecule has 1 saturated carbocycles. The van der Waals surface area contributed by atoms with E-state index in [4.69, 9.17) is 5.73 Å². The van der Waals surface area contributed by atoms with Crippen LogP contribution in [0.3, 0.4) is 0 Å². The Morgan fingerprint density at radius 3 is 1.89 bits per heavy atom. The molecule has 56 valence electrons. The van der Waals surface area contributed by atoms with Crippen molar-refractivity contribution in [1.29, 1.82) is 0 Å². The fourth-order valence-electron chi connectivity index (χ4n) is 0.978. The molecule has 0 aliphatic heterocycles. The summed E-state index contributed by atoms with van der Waals surface area (Å²) in [5.74, 6) is 0. The van der Waals surface area contributed by atoms with Gasteiger partial charge in [-0.1, -0.05) is 0 Å². The van der Waals surface area contributed by atoms with E-state index < -0.39 is 0 Å². The molecule has 0 unspecified atom stereocenters. The highest BCUT2D eigenvalue weighted by atomic mass is 35.5. The first-order valence-corrected chi connectivity index (χ1v) is 3.09. The molecule has 1 aliphatic rings. The molecule has 3 heteroatoms. The number of nitrogens with zero attached hydrogens (tertiary/aromatic N) is 1. The van der Waals surface area contributed by atoms with Crippen molar-refractivity contribution in [3.63, 3.8) is 0 Å². The lowest BCUT2D eigenvalue weighted by Crippen LogP contribution is -2.37. The number of likely N-dealkylation sites (N-methyl/N-ethyl adjacent to an activating group) is 1. The second-order valence-electron chi connectivity index (χ2n) is 2.82. The van der Waals surface area contributed by atoms with E-state index in [9.17, 15) is 0 Å². The van der Waals surface area contributed by atoms with Gasteiger partial charge in [0.2, 0.25) is 0 Å². The quantitative estimate of drug-likeness (QED) is 0.620. The van der Waals surface area contributed by atoms with Crippen LogP contribution >= 0.6 is 12.4 Å². The second kappa shape index (κ2) is 2.86. The lowest BCUT2D eigenvalue weighted by molar-refractivity contribution is 0.278. The fraction of sp³-hybridized carbons (Fsp3) is 1.00. The first kappa shape index (κ1) is 9.21. The Balaban J connectivity index is 0.000000640. The molecule has 0 atom stereocenters. The molecule has 0 spiro atoms. The van der Waals surface area contributed by atoms with Crippen LogP contribution in [0.2, 0.25) is 0 Å². The molecule has 0 amide bonds. The van der Waals surface area contributed by atoms with E-state index in [1.807, 2.05) is 0 Å². The highest BCUT2D eigenvalue weighted by Crippen LogP contribution is 2.38. The largest absolute Gasteiger partial charge is 0.329 e. The van der Waals surface area contributed by atoms with Crippen LogP contribution in [0.4, 0.5) is 0 Å². The maximum absolute atomic E-state index is 5.53. The predicted octanol–water partition coefficient (Wildman–Crippen LogP) is 0.461. The van der Waals surface area contributed by atoms with Crippen molar-refractivity contribution >= 4 is 12.4 Å². The van der Waals surface area contributed by atoms with Gasteiger partial charge in [-0.2, -0.15) is 0 Å². The summed E-state index contributed by atoms with van der Waals surface area (Å²) in [5, 5.41) is 0. The Morgan fingerprint density at radius 1 is 1.44 bits per heavy atom. The average molecular weight is 151 g/mol. The van der Waals surface area contributed by atoms with Crippen molar-refractivity contribution in [2.45, 2.75) is 18.4 Å². The summed E-state index contributed by atoms with van der Waals surface area (Å²) in [6.45, 7) is 0.819. The fourth-order valence-corrected chi connectivity index (χ4v) is 0.978. The lowest BCUT2D eigenvalue weighted by Gasteiger charge is -2.20. The van der Waals surface area contributed by atoms with Crippen LogP contribution in [0.5, 0.6) is 0 Å². The molecule has 9 heavy (non-hydrogen) atoms. The number of hydrogen-bond donors (Lipinski definition) is 1. The number of nitrogens with two attached hydrogens (primary N) is 1. The molecule has 0 bridgehead atoms. The van der Waals surface area contributed by atoms with Crippen molar-refractivity contribution in [2.75, 3.05) is 20.6 Å². The summed E-state index contributed by atoms with van der Waals surface area (Å²) >= 11 is 0. The summed E-state index contributed by atoms with van der Waals surface area (Å²) in [6, 6.07) is 0. The minimum absolute atomic E-state index is 0. The zero-order valence-corrected chi connectivity index (χ0v) is 6.87. The standard InChI is InChI=1S/C6H14N2.ClH/c1-8(2)6(5-7)3-4-6;/h3-5,7H2,1-2H3;1H. The SMILES string of the molecule is CN(C)C1(CN)CC1.Cl. The van der Waals surface area contributed by atoms with E-state index in [1.165, 1.54) is 12.8 Å². The van der Waals surface area contributed by atoms with Gasteiger partial charge in [-0.25, -0.2) is 0 Å². The molecule has 2 nitrogen and oxygen atoms in total. The highest BCUT2D eigenvalue weighted by molar-refractivity contribution is 5.85. The normalized spacial score (nSPS) is 21.3. The third-order valence-corrected chi connectivity index (χ3v) is 2.16. The van der Waals surface area contributed by atoms with E-state index in [1.54, 1.807) is 0 Å². The van der Waals surface area contributed by atoms with Crippen LogP contribution in [-0.2, 0) is 0 Å². The van der Waals surface area contributed by atoms with Gasteiger partial charge in [0.15, 0.2) is 0 Å². The minimum atomic E-state index is 0. The van der Waals surface area contributed by atoms with Crippen LogP contribution in [0.1, 0.15) is 12.8 Å². The summed E-state index contributed by atoms with van der Waals surface area (Å²) in [7, 11) is 4.19. The first-order valence-electron chi connectivity index (χ1n) is 3.09. The average Bonchev–Trinajstić information content (AvgIpc) is 2.44. The number of rotatable bonds is 2. The minimum Gasteiger partial charge on any atom is -0.329 e. The van der Waals surface area contributed by atoms with Gasteiger partial charge >= 0.3 is 0 Å². The van der Waals surface area contributed by atoms with Gasteiger partial charge in [0.1, 0.15) is 0 Å². The molecule has 0 aromatic heterocycles. The molecule has 0 radical (unpaired) electrons. The highest BCUT2D eigenvalue weighted by Gasteiger charge is 2.42. The maximum atomic E-state index is 5.53. The maximum Gasteiger partial charge on any atom is 0.0327 e. The summed E-state index contributed by atoms with van der Waals surface area (Å²) in [4.78, 5) is 2.23. The van der Waals surface area contributed by atoms with Crippen LogP contribution in [0, 0.1) is 0 Å². The monoisotopic (exact) mass is 150 g/mol. The zero-order chi connectivity index (χ0) is 6.20. The number of hydrogen-bond acceptors (Lipinski definition) is 2. The Kier molecular flexibility index (Phi) is 2.93. The topological polar surface area (TPSA) is 29.3 Å². The zero-order valence-electron chi connectivity index (χ0n) is 6.05. The Hall–Kier alpha value is 0.210. The Morgan fingerprint density at radius 2 is 1.89 bits per heavy atom. The van der Waals surface area contributed by atoms with Gasteiger partial charge in [0, 0.05) is 12.1 Å². The number of halogens is 1. The van der Waals surface area contributed by atoms with Crippen LogP contribution in [0.15, 0.2) is 0 Å². The molecule has 1 fully saturated rings. The second-order valence-corrected chi connectivity index (χ2v) is 2.82. The van der Waals surface area contributed by atoms with Crippen molar-refractivity contribution in [2.24, 2.45) is 5.73 Å². The van der Waals surface area contributed by atoms with Crippen LogP contribution in [-0.4, -0.2) is 31.1 Å². The lowest BCUT2D eigenvalue weighted by atomic mass is 10.2. The summed E-state index contributed by atoms with van der Waals surface area (Å²) in [6.07, 6.45) is 2.58. The van der Waals surface area contributed by atoms with Crippen LogP contribution < -0.4 is 5.73 Å². The van der Waals surface area contributed by atoms with E-state index in [0.29, 0.717) is 5.54 Å². The Labute approximate surface area is 62.8 Å². The smallest absolute Gasteiger partial charge is 0.0327 e. The van der Waals surface area contributed by atoms with Gasteiger partial charge in [-0.05, 0) is 26.9 Å². The van der Waals surface area contributed by atoms with E-state index in [-0.39, 0.29) is 12.4 Å². The van der Waals surface area contributed by atoms with Gasteiger partial charge in [0.25, 0.3) is 0 Å². The molecular weight excluding hydrogens is 136 g/mol. The predicted molar refractivity (Wildman–Crippen MR) is 42.0 cm³/mol. The van der Waals surface area contributed by atoms with Gasteiger partial charge in [-0.15, -0.1) is 12.4 Å². The van der Waals surface area contributed by atoms with E-state index in [2.05, 4.69) is 19.0 Å². The third-order valence-electron chi connectivity index (χ3n) is 2.16. The third kappa shape index (κ3) is 1.57. The van der Waals surface area contributed by atoms with Gasteiger partial charge in [0.05, 0.1) is 0 Å². The van der Waals surface area contributed by atoms with E-state index >= 15 is 0 Å². The van der Waals surface area contributed by atoms with Gasteiger partial charge < -0.3 is 10.6 Å². The molecule has 0 aromatic rings. The molecule has 0 heterocycles. The van der Waals surface area contributed by atoms with Crippen LogP contribution in [0.25, 0.3) is 0 Å². The van der Waals surface area contributed by atoms with E-state index in [0.717, 1.165) is 6.54 Å². The first-order chi connectivity index (χ1) is 3.71. The van der Waals surface area contributed by atoms with Gasteiger partial charge in [-0.3, -0.25) is 0 Å².